The Morgan fingerprint density at radius 1 is 1.00 bits per heavy atom. The van der Waals surface area contributed by atoms with E-state index in [-0.39, 0.29) is 5.97 Å². The van der Waals surface area contributed by atoms with Gasteiger partial charge in [0.15, 0.2) is 5.60 Å². The van der Waals surface area contributed by atoms with Gasteiger partial charge in [0.1, 0.15) is 11.5 Å². The van der Waals surface area contributed by atoms with Gasteiger partial charge in [-0.2, -0.15) is 0 Å². The molecule has 0 fully saturated rings. The van der Waals surface area contributed by atoms with Gasteiger partial charge in [-0.15, -0.1) is 0 Å². The third-order valence-corrected chi connectivity index (χ3v) is 5.29. The summed E-state index contributed by atoms with van der Waals surface area (Å²) in [6.45, 7) is 2.75. The van der Waals surface area contributed by atoms with Crippen LogP contribution in [-0.4, -0.2) is 12.5 Å². The molecule has 1 unspecified atom stereocenters. The van der Waals surface area contributed by atoms with Crippen molar-refractivity contribution in [2.75, 3.05) is 11.9 Å². The highest BCUT2D eigenvalue weighted by atomic mass is 35.5. The lowest BCUT2D eigenvalue weighted by atomic mass is 9.77. The molecule has 0 amide bonds. The summed E-state index contributed by atoms with van der Waals surface area (Å²) >= 11 is 6.32. The van der Waals surface area contributed by atoms with Crippen LogP contribution in [0.4, 0.5) is 5.69 Å². The Bertz CT molecular complexity index is 1090. The highest BCUT2D eigenvalue weighted by molar-refractivity contribution is 6.30. The van der Waals surface area contributed by atoms with Crippen LogP contribution in [0.3, 0.4) is 0 Å². The number of carbonyl (C=O) groups excluding carboxylic acids is 1. The van der Waals surface area contributed by atoms with Crippen LogP contribution in [0, 0.1) is 0 Å². The molecule has 1 atom stereocenters. The van der Waals surface area contributed by atoms with Gasteiger partial charge in [0.25, 0.3) is 0 Å². The number of rotatable bonds is 2. The van der Waals surface area contributed by atoms with E-state index in [9.17, 15) is 4.79 Å². The molecule has 134 valence electrons. The largest absolute Gasteiger partial charge is 0.456 e. The maximum atomic E-state index is 12.8. The molecule has 2 heterocycles. The van der Waals surface area contributed by atoms with E-state index in [0.717, 1.165) is 28.9 Å². The number of esters is 1. The molecule has 0 aliphatic carbocycles. The summed E-state index contributed by atoms with van der Waals surface area (Å²) in [5.74, 6) is 0.938. The fourth-order valence-corrected chi connectivity index (χ4v) is 4.21. The topological polar surface area (TPSA) is 47.6 Å². The van der Waals surface area contributed by atoms with Gasteiger partial charge in [-0.05, 0) is 43.3 Å². The smallest absolute Gasteiger partial charge is 0.340 e. The number of hydrogen-bond donors (Lipinski definition) is 1. The van der Waals surface area contributed by atoms with Crippen LogP contribution in [0.2, 0.25) is 5.02 Å². The lowest BCUT2D eigenvalue weighted by Gasteiger charge is -2.38. The van der Waals surface area contributed by atoms with Crippen molar-refractivity contribution in [3.05, 3.63) is 87.9 Å². The molecule has 2 aliphatic heterocycles. The third kappa shape index (κ3) is 2.14. The molecule has 1 N–H and O–H groups in total. The first-order valence-corrected chi connectivity index (χ1v) is 9.21. The van der Waals surface area contributed by atoms with Crippen LogP contribution in [-0.2, 0) is 10.3 Å². The van der Waals surface area contributed by atoms with Crippen molar-refractivity contribution in [3.63, 3.8) is 0 Å². The molecule has 0 radical (unpaired) electrons. The highest BCUT2D eigenvalue weighted by Gasteiger charge is 2.54. The maximum absolute atomic E-state index is 12.8. The van der Waals surface area contributed by atoms with E-state index in [4.69, 9.17) is 21.1 Å². The Hall–Kier alpha value is -2.98. The first kappa shape index (κ1) is 16.2. The van der Waals surface area contributed by atoms with Crippen LogP contribution >= 0.6 is 11.6 Å². The fraction of sp³-hybridized carbons (Fsp3) is 0.136. The summed E-state index contributed by atoms with van der Waals surface area (Å²) in [4.78, 5) is 12.8. The quantitative estimate of drug-likeness (QED) is 0.612. The number of ether oxygens (including phenoxy) is 2. The van der Waals surface area contributed by atoms with E-state index in [2.05, 4.69) is 5.32 Å². The third-order valence-electron chi connectivity index (χ3n) is 5.06. The summed E-state index contributed by atoms with van der Waals surface area (Å²) in [6, 6.07) is 18.7. The second kappa shape index (κ2) is 5.76. The molecule has 2 aliphatic rings. The van der Waals surface area contributed by atoms with Crippen molar-refractivity contribution in [1.29, 1.82) is 0 Å². The molecular formula is C22H16ClNO3. The lowest BCUT2D eigenvalue weighted by Crippen LogP contribution is -2.34. The zero-order chi connectivity index (χ0) is 18.6. The lowest BCUT2D eigenvalue weighted by molar-refractivity contribution is 0.0227. The van der Waals surface area contributed by atoms with Crippen LogP contribution in [0.15, 0.2) is 60.7 Å². The zero-order valence-electron chi connectivity index (χ0n) is 14.6. The molecule has 0 bridgehead atoms. The summed E-state index contributed by atoms with van der Waals surface area (Å²) in [5.41, 5.74) is 2.65. The Morgan fingerprint density at radius 3 is 2.70 bits per heavy atom. The summed E-state index contributed by atoms with van der Waals surface area (Å²) < 4.78 is 12.3. The summed E-state index contributed by atoms with van der Waals surface area (Å²) in [5, 5.41) is 3.93. The van der Waals surface area contributed by atoms with Crippen molar-refractivity contribution in [1.82, 2.24) is 0 Å². The van der Waals surface area contributed by atoms with E-state index < -0.39 is 5.60 Å². The van der Waals surface area contributed by atoms with Crippen molar-refractivity contribution < 1.29 is 14.3 Å². The number of carbonyl (C=O) groups is 1. The standard InChI is InChI=1S/C22H16ClNO3/c1-2-24-17-8-5-9-19-20(17)22(16-12-13(23)10-11-18(16)26-19)15-7-4-3-6-14(15)21(25)27-22/h3-12,24H,2H2,1H3. The number of hydrogen-bond acceptors (Lipinski definition) is 4. The Balaban J connectivity index is 1.92. The van der Waals surface area contributed by atoms with Gasteiger partial charge < -0.3 is 14.8 Å². The number of halogens is 1. The molecule has 3 aromatic carbocycles. The van der Waals surface area contributed by atoms with Crippen LogP contribution in [0.25, 0.3) is 0 Å². The Labute approximate surface area is 161 Å². The van der Waals surface area contributed by atoms with E-state index >= 15 is 0 Å². The summed E-state index contributed by atoms with van der Waals surface area (Å²) in [7, 11) is 0. The number of benzene rings is 3. The normalized spacial score (nSPS) is 19.0. The molecule has 4 nitrogen and oxygen atoms in total. The monoisotopic (exact) mass is 377 g/mol. The van der Waals surface area contributed by atoms with E-state index in [0.29, 0.717) is 22.1 Å². The number of anilines is 1. The van der Waals surface area contributed by atoms with Gasteiger partial charge in [0, 0.05) is 28.4 Å². The first-order chi connectivity index (χ1) is 13.1. The van der Waals surface area contributed by atoms with Gasteiger partial charge in [0.05, 0.1) is 11.1 Å². The van der Waals surface area contributed by atoms with Crippen LogP contribution in [0.5, 0.6) is 11.5 Å². The minimum absolute atomic E-state index is 0.351. The number of nitrogens with one attached hydrogen (secondary N) is 1. The maximum Gasteiger partial charge on any atom is 0.340 e. The first-order valence-electron chi connectivity index (χ1n) is 8.83. The molecule has 0 saturated carbocycles. The fourth-order valence-electron chi connectivity index (χ4n) is 4.04. The molecular weight excluding hydrogens is 362 g/mol. The molecule has 5 heteroatoms. The van der Waals surface area contributed by atoms with E-state index in [1.807, 2.05) is 55.5 Å². The van der Waals surface area contributed by atoms with Crippen molar-refractivity contribution in [2.24, 2.45) is 0 Å². The van der Waals surface area contributed by atoms with Crippen molar-refractivity contribution in [3.8, 4) is 11.5 Å². The predicted molar refractivity (Wildman–Crippen MR) is 104 cm³/mol. The second-order valence-electron chi connectivity index (χ2n) is 6.57. The molecule has 3 aromatic rings. The van der Waals surface area contributed by atoms with E-state index in [1.54, 1.807) is 12.1 Å². The Morgan fingerprint density at radius 2 is 1.85 bits per heavy atom. The molecule has 0 aromatic heterocycles. The predicted octanol–water partition coefficient (Wildman–Crippen LogP) is 5.34. The average molecular weight is 378 g/mol. The Kier molecular flexibility index (Phi) is 3.46. The molecule has 0 saturated heterocycles. The zero-order valence-corrected chi connectivity index (χ0v) is 15.3. The van der Waals surface area contributed by atoms with Crippen LogP contribution in [0.1, 0.15) is 34.0 Å². The van der Waals surface area contributed by atoms with Crippen LogP contribution < -0.4 is 10.1 Å². The highest BCUT2D eigenvalue weighted by Crippen LogP contribution is 2.58. The van der Waals surface area contributed by atoms with Crippen molar-refractivity contribution >= 4 is 23.3 Å². The molecule has 1 spiro atoms. The van der Waals surface area contributed by atoms with Gasteiger partial charge in [-0.3, -0.25) is 0 Å². The van der Waals surface area contributed by atoms with Gasteiger partial charge in [0.2, 0.25) is 0 Å². The SMILES string of the molecule is CCNc1cccc2c1C1(OC(=O)c3ccccc31)c1cc(Cl)ccc1O2. The van der Waals surface area contributed by atoms with Gasteiger partial charge >= 0.3 is 5.97 Å². The molecule has 27 heavy (non-hydrogen) atoms. The van der Waals surface area contributed by atoms with Crippen molar-refractivity contribution in [2.45, 2.75) is 12.5 Å². The van der Waals surface area contributed by atoms with Gasteiger partial charge in [-0.1, -0.05) is 35.9 Å². The second-order valence-corrected chi connectivity index (χ2v) is 7.00. The minimum atomic E-state index is -1.10. The summed E-state index contributed by atoms with van der Waals surface area (Å²) in [6.07, 6.45) is 0. The van der Waals surface area contributed by atoms with E-state index in [1.165, 1.54) is 0 Å². The number of fused-ring (bicyclic) bond motifs is 6. The molecule has 5 rings (SSSR count). The minimum Gasteiger partial charge on any atom is -0.456 e. The van der Waals surface area contributed by atoms with Gasteiger partial charge in [-0.25, -0.2) is 4.79 Å². The average Bonchev–Trinajstić information content (AvgIpc) is 2.97.